The lowest BCUT2D eigenvalue weighted by atomic mass is 9.96. The Morgan fingerprint density at radius 1 is 1.08 bits per heavy atom. The maximum absolute atomic E-state index is 13.3. The van der Waals surface area contributed by atoms with Crippen molar-refractivity contribution in [2.75, 3.05) is 4.90 Å². The first-order valence-electron chi connectivity index (χ1n) is 13.4. The van der Waals surface area contributed by atoms with E-state index in [0.29, 0.717) is 16.1 Å². The summed E-state index contributed by atoms with van der Waals surface area (Å²) >= 11 is 12.6. The third-order valence-electron chi connectivity index (χ3n) is 7.36. The van der Waals surface area contributed by atoms with Crippen LogP contribution in [-0.4, -0.2) is 51.7 Å². The van der Waals surface area contributed by atoms with Crippen molar-refractivity contribution in [3.05, 3.63) is 51.6 Å². The number of pyridine rings is 1. The largest absolute Gasteiger partial charge is 0.476 e. The van der Waals surface area contributed by atoms with Crippen LogP contribution in [0.1, 0.15) is 83.1 Å². The minimum Gasteiger partial charge on any atom is -0.476 e. The summed E-state index contributed by atoms with van der Waals surface area (Å²) in [6.07, 6.45) is 5.26. The number of aromatic nitrogens is 1. The number of ether oxygens (including phenoxy) is 1. The zero-order valence-electron chi connectivity index (χ0n) is 23.3. The third kappa shape index (κ3) is 6.61. The molecule has 2 fully saturated rings. The molecule has 0 aliphatic carbocycles. The molecule has 4 rings (SSSR count). The van der Waals surface area contributed by atoms with Crippen molar-refractivity contribution in [2.24, 2.45) is 0 Å². The summed E-state index contributed by atoms with van der Waals surface area (Å²) in [4.78, 5) is 32.6. The second kappa shape index (κ2) is 11.1. The van der Waals surface area contributed by atoms with E-state index in [1.807, 2.05) is 26.0 Å². The summed E-state index contributed by atoms with van der Waals surface area (Å²) < 4.78 is 6.07. The number of piperidine rings is 1. The SMILES string of the molecule is CC(C)NC(=O)c1ccc(N2[C@@H]3CC[C@H]2CC(NC(=O)C(C)(C)Oc2cc(C(C)(C)O)c(Cl)cc2Cl)C3)nc1. The van der Waals surface area contributed by atoms with Crippen molar-refractivity contribution in [1.29, 1.82) is 0 Å². The van der Waals surface area contributed by atoms with Gasteiger partial charge in [0.1, 0.15) is 11.6 Å². The van der Waals surface area contributed by atoms with Crippen LogP contribution in [0.2, 0.25) is 10.0 Å². The van der Waals surface area contributed by atoms with E-state index in [1.165, 1.54) is 6.07 Å². The number of hydrogen-bond donors (Lipinski definition) is 3. The zero-order valence-corrected chi connectivity index (χ0v) is 24.9. The number of carbonyl (C=O) groups is 2. The summed E-state index contributed by atoms with van der Waals surface area (Å²) in [5.74, 6) is 0.770. The van der Waals surface area contributed by atoms with Crippen LogP contribution in [0.5, 0.6) is 5.75 Å². The van der Waals surface area contributed by atoms with E-state index < -0.39 is 11.2 Å². The Hall–Kier alpha value is -2.55. The number of hydrogen-bond acceptors (Lipinski definition) is 6. The van der Waals surface area contributed by atoms with E-state index >= 15 is 0 Å². The number of carbonyl (C=O) groups excluding carboxylic acids is 2. The number of benzene rings is 1. The van der Waals surface area contributed by atoms with Crippen molar-refractivity contribution >= 4 is 40.8 Å². The molecule has 0 spiro atoms. The van der Waals surface area contributed by atoms with Gasteiger partial charge in [0.15, 0.2) is 5.60 Å². The van der Waals surface area contributed by atoms with Gasteiger partial charge >= 0.3 is 0 Å². The van der Waals surface area contributed by atoms with Crippen LogP contribution in [-0.2, 0) is 10.4 Å². The molecule has 3 atom stereocenters. The van der Waals surface area contributed by atoms with E-state index in [9.17, 15) is 14.7 Å². The van der Waals surface area contributed by atoms with Gasteiger partial charge in [-0.3, -0.25) is 9.59 Å². The van der Waals surface area contributed by atoms with Crippen molar-refractivity contribution in [2.45, 2.75) is 103 Å². The van der Waals surface area contributed by atoms with Crippen molar-refractivity contribution in [3.8, 4) is 5.75 Å². The van der Waals surface area contributed by atoms with Crippen molar-refractivity contribution < 1.29 is 19.4 Å². The number of nitrogens with one attached hydrogen (secondary N) is 2. The molecule has 8 nitrogen and oxygen atoms in total. The maximum Gasteiger partial charge on any atom is 0.263 e. The van der Waals surface area contributed by atoms with Crippen LogP contribution in [0.4, 0.5) is 5.82 Å². The van der Waals surface area contributed by atoms with Gasteiger partial charge in [-0.15, -0.1) is 0 Å². The average molecular weight is 578 g/mol. The van der Waals surface area contributed by atoms with E-state index in [-0.39, 0.29) is 46.8 Å². The molecule has 2 aromatic rings. The van der Waals surface area contributed by atoms with Gasteiger partial charge in [-0.05, 0) is 91.5 Å². The van der Waals surface area contributed by atoms with E-state index in [0.717, 1.165) is 31.5 Å². The van der Waals surface area contributed by atoms with Gasteiger partial charge < -0.3 is 25.4 Å². The maximum atomic E-state index is 13.3. The molecule has 39 heavy (non-hydrogen) atoms. The molecule has 10 heteroatoms. The molecule has 2 saturated heterocycles. The molecule has 3 N–H and O–H groups in total. The molecule has 3 heterocycles. The summed E-state index contributed by atoms with van der Waals surface area (Å²) in [6.45, 7) is 10.5. The molecular formula is C29H38Cl2N4O4. The number of aliphatic hydroxyl groups is 1. The summed E-state index contributed by atoms with van der Waals surface area (Å²) in [5, 5.41) is 17.1. The lowest BCUT2D eigenvalue weighted by Crippen LogP contribution is -2.55. The highest BCUT2D eigenvalue weighted by Gasteiger charge is 2.43. The Balaban J connectivity index is 1.40. The number of fused-ring (bicyclic) bond motifs is 2. The highest BCUT2D eigenvalue weighted by atomic mass is 35.5. The molecular weight excluding hydrogens is 539 g/mol. The fourth-order valence-corrected chi connectivity index (χ4v) is 6.10. The molecule has 2 aliphatic heterocycles. The number of rotatable bonds is 8. The van der Waals surface area contributed by atoms with Crippen molar-refractivity contribution in [1.82, 2.24) is 15.6 Å². The summed E-state index contributed by atoms with van der Waals surface area (Å²) in [7, 11) is 0. The second-order valence-electron chi connectivity index (χ2n) is 11.9. The Morgan fingerprint density at radius 3 is 2.26 bits per heavy atom. The average Bonchev–Trinajstić information content (AvgIpc) is 3.09. The molecule has 0 saturated carbocycles. The van der Waals surface area contributed by atoms with Crippen LogP contribution in [0, 0.1) is 0 Å². The van der Waals surface area contributed by atoms with Gasteiger partial charge in [0.05, 0.1) is 16.2 Å². The van der Waals surface area contributed by atoms with Gasteiger partial charge in [0.25, 0.3) is 11.8 Å². The minimum absolute atomic E-state index is 0.00200. The fourth-order valence-electron chi connectivity index (χ4n) is 5.44. The quantitative estimate of drug-likeness (QED) is 0.397. The Labute approximate surface area is 240 Å². The molecule has 2 amide bonds. The van der Waals surface area contributed by atoms with Gasteiger partial charge in [0.2, 0.25) is 0 Å². The van der Waals surface area contributed by atoms with E-state index in [4.69, 9.17) is 27.9 Å². The number of nitrogens with zero attached hydrogens (tertiary/aromatic N) is 2. The van der Waals surface area contributed by atoms with Gasteiger partial charge in [-0.25, -0.2) is 4.98 Å². The lowest BCUT2D eigenvalue weighted by molar-refractivity contribution is -0.135. The Morgan fingerprint density at radius 2 is 1.72 bits per heavy atom. The smallest absolute Gasteiger partial charge is 0.263 e. The summed E-state index contributed by atoms with van der Waals surface area (Å²) in [6, 6.07) is 7.39. The first-order chi connectivity index (χ1) is 18.2. The van der Waals surface area contributed by atoms with Crippen LogP contribution in [0.3, 0.4) is 0 Å². The van der Waals surface area contributed by atoms with Crippen molar-refractivity contribution in [3.63, 3.8) is 0 Å². The molecule has 1 aromatic carbocycles. The predicted molar refractivity (Wildman–Crippen MR) is 154 cm³/mol. The third-order valence-corrected chi connectivity index (χ3v) is 7.96. The molecule has 1 unspecified atom stereocenters. The molecule has 1 aromatic heterocycles. The van der Waals surface area contributed by atoms with Crippen LogP contribution >= 0.6 is 23.2 Å². The highest BCUT2D eigenvalue weighted by Crippen LogP contribution is 2.40. The Bertz CT molecular complexity index is 1210. The Kier molecular flexibility index (Phi) is 8.41. The standard InChI is InChI=1S/C29H38Cl2N4O4/c1-16(2)33-26(36)17-7-10-25(32-15-17)35-19-8-9-20(35)12-18(11-19)34-27(37)29(5,6)39-24-13-21(28(3,4)38)22(30)14-23(24)31/h7,10,13-16,18-20,38H,8-9,11-12H2,1-6H3,(H,33,36)(H,34,37)/t18?,19-,20+. The molecule has 212 valence electrons. The minimum atomic E-state index is -1.21. The first kappa shape index (κ1) is 29.4. The molecule has 2 bridgehead atoms. The lowest BCUT2D eigenvalue weighted by Gasteiger charge is -2.41. The van der Waals surface area contributed by atoms with Crippen LogP contribution < -0.4 is 20.3 Å². The van der Waals surface area contributed by atoms with Gasteiger partial charge in [0, 0.05) is 41.0 Å². The van der Waals surface area contributed by atoms with Crippen LogP contribution in [0.15, 0.2) is 30.5 Å². The predicted octanol–water partition coefficient (Wildman–Crippen LogP) is 5.23. The van der Waals surface area contributed by atoms with Crippen LogP contribution in [0.25, 0.3) is 0 Å². The molecule has 0 radical (unpaired) electrons. The second-order valence-corrected chi connectivity index (χ2v) is 12.7. The number of halogens is 2. The highest BCUT2D eigenvalue weighted by molar-refractivity contribution is 6.36. The van der Waals surface area contributed by atoms with E-state index in [1.54, 1.807) is 40.0 Å². The fraction of sp³-hybridized carbons (Fsp3) is 0.552. The number of anilines is 1. The van der Waals surface area contributed by atoms with Gasteiger partial charge in [-0.2, -0.15) is 0 Å². The topological polar surface area (TPSA) is 104 Å². The van der Waals surface area contributed by atoms with E-state index in [2.05, 4.69) is 20.5 Å². The monoisotopic (exact) mass is 576 g/mol. The van der Waals surface area contributed by atoms with Gasteiger partial charge in [-0.1, -0.05) is 23.2 Å². The summed E-state index contributed by atoms with van der Waals surface area (Å²) in [5.41, 5.74) is -1.40. The molecule has 2 aliphatic rings. The normalized spacial score (nSPS) is 21.2. The zero-order chi connectivity index (χ0) is 28.7. The number of amides is 2. The first-order valence-corrected chi connectivity index (χ1v) is 14.2.